The first-order valence-corrected chi connectivity index (χ1v) is 8.60. The van der Waals surface area contributed by atoms with Crippen LogP contribution < -0.4 is 4.74 Å². The third-order valence-corrected chi connectivity index (χ3v) is 5.15. The summed E-state index contributed by atoms with van der Waals surface area (Å²) in [4.78, 5) is 16.2. The van der Waals surface area contributed by atoms with E-state index in [0.29, 0.717) is 6.54 Å². The molecule has 0 spiro atoms. The number of hydrogen-bond acceptors (Lipinski definition) is 4. The van der Waals surface area contributed by atoms with Gasteiger partial charge in [-0.1, -0.05) is 12.1 Å². The summed E-state index contributed by atoms with van der Waals surface area (Å²) < 4.78 is 7.17. The van der Waals surface area contributed by atoms with E-state index in [0.717, 1.165) is 25.4 Å². The summed E-state index contributed by atoms with van der Waals surface area (Å²) >= 11 is 0. The highest BCUT2D eigenvalue weighted by atomic mass is 16.5. The molecule has 134 valence electrons. The molecule has 1 saturated heterocycles. The average molecular weight is 342 g/mol. The van der Waals surface area contributed by atoms with Crippen molar-refractivity contribution in [2.45, 2.75) is 26.4 Å². The SMILES string of the molecule is COc1ccc([C@@H]2CN(C(C)=O)CCN2Cc2cnn(C)c2C)cc1. The number of nitrogens with zero attached hydrogens (tertiary/aromatic N) is 4. The zero-order chi connectivity index (χ0) is 18.0. The fourth-order valence-electron chi connectivity index (χ4n) is 3.36. The van der Waals surface area contributed by atoms with E-state index in [9.17, 15) is 4.79 Å². The Morgan fingerprint density at radius 3 is 2.56 bits per heavy atom. The van der Waals surface area contributed by atoms with Crippen LogP contribution in [0, 0.1) is 6.92 Å². The number of methoxy groups -OCH3 is 1. The van der Waals surface area contributed by atoms with Gasteiger partial charge in [-0.15, -0.1) is 0 Å². The second kappa shape index (κ2) is 7.27. The summed E-state index contributed by atoms with van der Waals surface area (Å²) in [6.45, 7) is 6.90. The maximum Gasteiger partial charge on any atom is 0.219 e. The number of piperazine rings is 1. The third-order valence-electron chi connectivity index (χ3n) is 5.15. The second-order valence-corrected chi connectivity index (χ2v) is 6.60. The molecule has 1 fully saturated rings. The van der Waals surface area contributed by atoms with E-state index >= 15 is 0 Å². The number of rotatable bonds is 4. The first-order valence-electron chi connectivity index (χ1n) is 8.60. The van der Waals surface area contributed by atoms with Gasteiger partial charge in [0.15, 0.2) is 0 Å². The van der Waals surface area contributed by atoms with Crippen LogP contribution in [0.5, 0.6) is 5.75 Å². The Kier molecular flexibility index (Phi) is 5.08. The summed E-state index contributed by atoms with van der Waals surface area (Å²) in [6, 6.07) is 8.32. The van der Waals surface area contributed by atoms with Crippen LogP contribution in [-0.2, 0) is 18.4 Å². The fraction of sp³-hybridized carbons (Fsp3) is 0.474. The second-order valence-electron chi connectivity index (χ2n) is 6.60. The van der Waals surface area contributed by atoms with Crippen LogP contribution in [0.15, 0.2) is 30.5 Å². The molecule has 1 aliphatic heterocycles. The van der Waals surface area contributed by atoms with Crippen molar-refractivity contribution in [1.29, 1.82) is 0 Å². The number of benzene rings is 1. The molecule has 1 aromatic heterocycles. The quantitative estimate of drug-likeness (QED) is 0.854. The van der Waals surface area contributed by atoms with Gasteiger partial charge in [0.1, 0.15) is 5.75 Å². The summed E-state index contributed by atoms with van der Waals surface area (Å²) in [5.74, 6) is 0.980. The highest BCUT2D eigenvalue weighted by Gasteiger charge is 2.30. The standard InChI is InChI=1S/C19H26N4O2/c1-14-17(11-20-21(14)3)12-23-10-9-22(15(2)24)13-19(23)16-5-7-18(25-4)8-6-16/h5-8,11,19H,9-10,12-13H2,1-4H3/t19-/m0/s1. The number of aryl methyl sites for hydroxylation is 1. The van der Waals surface area contributed by atoms with Crippen LogP contribution in [0.1, 0.15) is 29.8 Å². The normalized spacial score (nSPS) is 18.4. The van der Waals surface area contributed by atoms with Crippen LogP contribution in [0.3, 0.4) is 0 Å². The number of aromatic nitrogens is 2. The number of hydrogen-bond donors (Lipinski definition) is 0. The zero-order valence-electron chi connectivity index (χ0n) is 15.4. The molecule has 0 bridgehead atoms. The third kappa shape index (κ3) is 3.69. The molecule has 1 aliphatic rings. The number of amides is 1. The maximum absolute atomic E-state index is 11.9. The molecule has 2 heterocycles. The Hall–Kier alpha value is -2.34. The lowest BCUT2D eigenvalue weighted by atomic mass is 10.0. The highest BCUT2D eigenvalue weighted by molar-refractivity contribution is 5.73. The zero-order valence-corrected chi connectivity index (χ0v) is 15.4. The monoisotopic (exact) mass is 342 g/mol. The van der Waals surface area contributed by atoms with Crippen LogP contribution in [-0.4, -0.2) is 52.2 Å². The van der Waals surface area contributed by atoms with Crippen molar-refractivity contribution in [3.05, 3.63) is 47.3 Å². The highest BCUT2D eigenvalue weighted by Crippen LogP contribution is 2.29. The average Bonchev–Trinajstić information content (AvgIpc) is 2.94. The van der Waals surface area contributed by atoms with Gasteiger partial charge in [-0.3, -0.25) is 14.4 Å². The van der Waals surface area contributed by atoms with Crippen LogP contribution in [0.25, 0.3) is 0 Å². The number of carbonyl (C=O) groups excluding carboxylic acids is 1. The largest absolute Gasteiger partial charge is 0.497 e. The van der Waals surface area contributed by atoms with Crippen molar-refractivity contribution in [2.75, 3.05) is 26.7 Å². The van der Waals surface area contributed by atoms with Gasteiger partial charge in [0.25, 0.3) is 0 Å². The van der Waals surface area contributed by atoms with E-state index in [1.54, 1.807) is 14.0 Å². The van der Waals surface area contributed by atoms with Gasteiger partial charge in [0, 0.05) is 51.4 Å². The molecule has 1 atom stereocenters. The number of carbonyl (C=O) groups is 1. The summed E-state index contributed by atoms with van der Waals surface area (Å²) in [6.07, 6.45) is 1.94. The van der Waals surface area contributed by atoms with Crippen molar-refractivity contribution < 1.29 is 9.53 Å². The van der Waals surface area contributed by atoms with Crippen molar-refractivity contribution >= 4 is 5.91 Å². The lowest BCUT2D eigenvalue weighted by molar-refractivity contribution is -0.132. The molecule has 6 nitrogen and oxygen atoms in total. The molecule has 25 heavy (non-hydrogen) atoms. The lowest BCUT2D eigenvalue weighted by Gasteiger charge is -2.41. The van der Waals surface area contributed by atoms with Gasteiger partial charge in [-0.2, -0.15) is 5.10 Å². The smallest absolute Gasteiger partial charge is 0.219 e. The maximum atomic E-state index is 11.9. The van der Waals surface area contributed by atoms with Gasteiger partial charge in [-0.05, 0) is 24.6 Å². The molecular weight excluding hydrogens is 316 g/mol. The van der Waals surface area contributed by atoms with E-state index in [4.69, 9.17) is 4.74 Å². The summed E-state index contributed by atoms with van der Waals surface area (Å²) in [7, 11) is 3.64. The van der Waals surface area contributed by atoms with E-state index in [1.165, 1.54) is 16.8 Å². The Balaban J connectivity index is 1.85. The topological polar surface area (TPSA) is 50.6 Å². The van der Waals surface area contributed by atoms with Gasteiger partial charge in [0.2, 0.25) is 5.91 Å². The minimum Gasteiger partial charge on any atom is -0.497 e. The van der Waals surface area contributed by atoms with E-state index in [2.05, 4.69) is 29.1 Å². The minimum absolute atomic E-state index is 0.135. The molecule has 0 saturated carbocycles. The molecule has 0 N–H and O–H groups in total. The van der Waals surface area contributed by atoms with Crippen LogP contribution in [0.4, 0.5) is 0 Å². The van der Waals surface area contributed by atoms with Crippen molar-refractivity contribution in [1.82, 2.24) is 19.6 Å². The summed E-state index contributed by atoms with van der Waals surface area (Å²) in [5, 5.41) is 4.35. The molecule has 0 radical (unpaired) electrons. The Bertz CT molecular complexity index is 738. The van der Waals surface area contributed by atoms with Crippen molar-refractivity contribution in [2.24, 2.45) is 7.05 Å². The van der Waals surface area contributed by atoms with Gasteiger partial charge < -0.3 is 9.64 Å². The van der Waals surface area contributed by atoms with Crippen LogP contribution >= 0.6 is 0 Å². The van der Waals surface area contributed by atoms with E-state index < -0.39 is 0 Å². The van der Waals surface area contributed by atoms with E-state index in [1.807, 2.05) is 35.0 Å². The molecule has 3 rings (SSSR count). The van der Waals surface area contributed by atoms with Crippen molar-refractivity contribution in [3.8, 4) is 5.75 Å². The first-order chi connectivity index (χ1) is 12.0. The molecule has 2 aromatic rings. The predicted octanol–water partition coefficient (Wildman–Crippen LogP) is 2.14. The predicted molar refractivity (Wildman–Crippen MR) is 96.3 cm³/mol. The molecule has 1 amide bonds. The van der Waals surface area contributed by atoms with Gasteiger partial charge in [-0.25, -0.2) is 0 Å². The molecule has 0 unspecified atom stereocenters. The Morgan fingerprint density at radius 1 is 1.28 bits per heavy atom. The van der Waals surface area contributed by atoms with E-state index in [-0.39, 0.29) is 11.9 Å². The fourth-order valence-corrected chi connectivity index (χ4v) is 3.36. The lowest BCUT2D eigenvalue weighted by Crippen LogP contribution is -2.49. The van der Waals surface area contributed by atoms with Crippen LogP contribution in [0.2, 0.25) is 0 Å². The summed E-state index contributed by atoms with van der Waals surface area (Å²) in [5.41, 5.74) is 3.62. The molecule has 0 aliphatic carbocycles. The Morgan fingerprint density at radius 2 is 2.00 bits per heavy atom. The Labute approximate surface area is 149 Å². The molecular formula is C19H26N4O2. The van der Waals surface area contributed by atoms with Gasteiger partial charge in [0.05, 0.1) is 19.3 Å². The molecule has 6 heteroatoms. The first kappa shape index (κ1) is 17.5. The minimum atomic E-state index is 0.135. The molecule has 1 aromatic carbocycles. The van der Waals surface area contributed by atoms with Gasteiger partial charge >= 0.3 is 0 Å². The van der Waals surface area contributed by atoms with Crippen molar-refractivity contribution in [3.63, 3.8) is 0 Å². The number of ether oxygens (including phenoxy) is 1.